The molecule has 4 N–H and O–H groups in total. The van der Waals surface area contributed by atoms with Gasteiger partial charge in [-0.3, -0.25) is 0 Å². The summed E-state index contributed by atoms with van der Waals surface area (Å²) in [7, 11) is 0. The fourth-order valence-electron chi connectivity index (χ4n) is 1.78. The minimum absolute atomic E-state index is 0.00656. The van der Waals surface area contributed by atoms with Crippen LogP contribution in [0.5, 0.6) is 0 Å². The molecule has 1 saturated carbocycles. The van der Waals surface area contributed by atoms with Gasteiger partial charge < -0.3 is 20.8 Å². The average Bonchev–Trinajstić information content (AvgIpc) is 2.98. The van der Waals surface area contributed by atoms with Crippen molar-refractivity contribution in [3.8, 4) is 0 Å². The number of carboxylic acids is 1. The molecule has 1 aliphatic carbocycles. The zero-order chi connectivity index (χ0) is 13.1. The average molecular weight is 244 g/mol. The fourth-order valence-corrected chi connectivity index (χ4v) is 1.78. The van der Waals surface area contributed by atoms with E-state index in [0.29, 0.717) is 5.92 Å². The molecule has 0 aliphatic heterocycles. The summed E-state index contributed by atoms with van der Waals surface area (Å²) < 4.78 is 0. The molecule has 2 amide bonds. The molecule has 98 valence electrons. The highest BCUT2D eigenvalue weighted by Gasteiger charge is 2.39. The van der Waals surface area contributed by atoms with Crippen molar-refractivity contribution in [1.29, 1.82) is 0 Å². The van der Waals surface area contributed by atoms with Crippen LogP contribution < -0.4 is 10.6 Å². The summed E-state index contributed by atoms with van der Waals surface area (Å²) in [6, 6.07) is -1.54. The van der Waals surface area contributed by atoms with E-state index in [1.54, 1.807) is 0 Å². The summed E-state index contributed by atoms with van der Waals surface area (Å²) in [5, 5.41) is 22.6. The Hall–Kier alpha value is -1.30. The molecule has 1 atom stereocenters. The molecule has 0 bridgehead atoms. The van der Waals surface area contributed by atoms with E-state index in [1.807, 2.05) is 13.8 Å². The molecule has 0 aromatic rings. The van der Waals surface area contributed by atoms with Crippen molar-refractivity contribution in [1.82, 2.24) is 10.6 Å². The summed E-state index contributed by atoms with van der Waals surface area (Å²) in [4.78, 5) is 22.4. The number of hydrogen-bond acceptors (Lipinski definition) is 3. The number of urea groups is 1. The van der Waals surface area contributed by atoms with Crippen LogP contribution in [0.4, 0.5) is 4.79 Å². The van der Waals surface area contributed by atoms with Gasteiger partial charge in [0.2, 0.25) is 0 Å². The molecular formula is C11H20N2O4. The number of carboxylic acid groups (broad SMARTS) is 1. The quantitative estimate of drug-likeness (QED) is 0.540. The summed E-state index contributed by atoms with van der Waals surface area (Å²) in [5.74, 6) is -0.673. The van der Waals surface area contributed by atoms with Gasteiger partial charge in [-0.05, 0) is 32.6 Å². The van der Waals surface area contributed by atoms with E-state index in [2.05, 4.69) is 10.6 Å². The Bertz CT molecular complexity index is 300. The highest BCUT2D eigenvalue weighted by molar-refractivity contribution is 5.82. The molecule has 0 aromatic heterocycles. The highest BCUT2D eigenvalue weighted by atomic mass is 16.4. The van der Waals surface area contributed by atoms with E-state index in [1.165, 1.54) is 0 Å². The molecule has 1 fully saturated rings. The molecule has 0 aromatic carbocycles. The van der Waals surface area contributed by atoms with E-state index in [-0.39, 0.29) is 18.6 Å². The Balaban J connectivity index is 2.44. The van der Waals surface area contributed by atoms with Crippen molar-refractivity contribution < 1.29 is 19.8 Å². The molecule has 6 nitrogen and oxygen atoms in total. The summed E-state index contributed by atoms with van der Waals surface area (Å²) in [5.41, 5.74) is -0.313. The van der Waals surface area contributed by atoms with Crippen LogP contribution in [-0.4, -0.2) is 40.4 Å². The smallest absolute Gasteiger partial charge is 0.326 e. The lowest BCUT2D eigenvalue weighted by Gasteiger charge is -2.27. The zero-order valence-corrected chi connectivity index (χ0v) is 10.2. The third-order valence-electron chi connectivity index (χ3n) is 3.05. The van der Waals surface area contributed by atoms with Crippen molar-refractivity contribution in [2.75, 3.05) is 6.61 Å². The van der Waals surface area contributed by atoms with Gasteiger partial charge in [0.05, 0.1) is 0 Å². The van der Waals surface area contributed by atoms with Gasteiger partial charge in [0, 0.05) is 18.6 Å². The van der Waals surface area contributed by atoms with Crippen molar-refractivity contribution in [2.24, 2.45) is 5.92 Å². The first kappa shape index (κ1) is 13.8. The number of aliphatic hydroxyl groups excluding tert-OH is 1. The number of carbonyl (C=O) groups excluding carboxylic acids is 1. The molecule has 0 radical (unpaired) electrons. The summed E-state index contributed by atoms with van der Waals surface area (Å²) in [6.45, 7) is 3.57. The largest absolute Gasteiger partial charge is 0.480 e. The Labute approximate surface area is 100 Å². The molecule has 1 rings (SSSR count). The lowest BCUT2D eigenvalue weighted by atomic mass is 9.99. The van der Waals surface area contributed by atoms with Crippen molar-refractivity contribution in [2.45, 2.75) is 44.7 Å². The maximum Gasteiger partial charge on any atom is 0.326 e. The van der Waals surface area contributed by atoms with Crippen LogP contribution >= 0.6 is 0 Å². The number of rotatable bonds is 6. The second-order valence-corrected chi connectivity index (χ2v) is 5.00. The molecule has 0 unspecified atom stereocenters. The minimum atomic E-state index is -1.14. The van der Waals surface area contributed by atoms with Gasteiger partial charge in [-0.15, -0.1) is 0 Å². The Morgan fingerprint density at radius 1 is 1.41 bits per heavy atom. The molecule has 0 spiro atoms. The number of aliphatic hydroxyl groups is 1. The summed E-state index contributed by atoms with van der Waals surface area (Å²) >= 11 is 0. The highest BCUT2D eigenvalue weighted by Crippen LogP contribution is 2.39. The number of hydrogen-bond donors (Lipinski definition) is 4. The lowest BCUT2D eigenvalue weighted by Crippen LogP contribution is -2.53. The van der Waals surface area contributed by atoms with Gasteiger partial charge >= 0.3 is 12.0 Å². The second kappa shape index (κ2) is 5.35. The first-order valence-corrected chi connectivity index (χ1v) is 5.79. The maximum absolute atomic E-state index is 11.6. The van der Waals surface area contributed by atoms with E-state index in [9.17, 15) is 9.59 Å². The Morgan fingerprint density at radius 2 is 2.00 bits per heavy atom. The third-order valence-corrected chi connectivity index (χ3v) is 3.05. The van der Waals surface area contributed by atoms with Gasteiger partial charge in [0.1, 0.15) is 6.04 Å². The van der Waals surface area contributed by atoms with Crippen LogP contribution in [0.15, 0.2) is 0 Å². The predicted octanol–water partition coefficient (Wildman–Crippen LogP) is 0.310. The van der Waals surface area contributed by atoms with E-state index >= 15 is 0 Å². The normalized spacial score (nSPS) is 17.4. The SMILES string of the molecule is CC(C)(NC(=O)N[C@@H](CCO)C(=O)O)C1CC1. The van der Waals surface area contributed by atoms with Gasteiger partial charge in [0.15, 0.2) is 0 Å². The molecular weight excluding hydrogens is 224 g/mol. The maximum atomic E-state index is 11.6. The van der Waals surface area contributed by atoms with Crippen LogP contribution in [0.2, 0.25) is 0 Å². The predicted molar refractivity (Wildman–Crippen MR) is 61.6 cm³/mol. The van der Waals surface area contributed by atoms with Crippen LogP contribution in [0.25, 0.3) is 0 Å². The van der Waals surface area contributed by atoms with Crippen molar-refractivity contribution in [3.05, 3.63) is 0 Å². The Kier molecular flexibility index (Phi) is 4.34. The standard InChI is InChI=1S/C11H20N2O4/c1-11(2,7-3-4-7)13-10(17)12-8(5-6-14)9(15)16/h7-8,14H,3-6H2,1-2H3,(H,15,16)(H2,12,13,17)/t8-/m0/s1. The summed E-state index contributed by atoms with van der Waals surface area (Å²) in [6.07, 6.45) is 2.19. The lowest BCUT2D eigenvalue weighted by molar-refractivity contribution is -0.139. The second-order valence-electron chi connectivity index (χ2n) is 5.00. The van der Waals surface area contributed by atoms with Gasteiger partial charge in [-0.25, -0.2) is 9.59 Å². The number of nitrogens with one attached hydrogen (secondary N) is 2. The van der Waals surface area contributed by atoms with Crippen LogP contribution in [-0.2, 0) is 4.79 Å². The van der Waals surface area contributed by atoms with Crippen LogP contribution in [0, 0.1) is 5.92 Å². The zero-order valence-electron chi connectivity index (χ0n) is 10.2. The fraction of sp³-hybridized carbons (Fsp3) is 0.818. The molecule has 6 heteroatoms. The van der Waals surface area contributed by atoms with Crippen LogP contribution in [0.3, 0.4) is 0 Å². The first-order chi connectivity index (χ1) is 7.86. The molecule has 0 saturated heterocycles. The van der Waals surface area contributed by atoms with Crippen LogP contribution in [0.1, 0.15) is 33.1 Å². The monoisotopic (exact) mass is 244 g/mol. The van der Waals surface area contributed by atoms with Gasteiger partial charge in [0.25, 0.3) is 0 Å². The van der Waals surface area contributed by atoms with Gasteiger partial charge in [-0.2, -0.15) is 0 Å². The van der Waals surface area contributed by atoms with Crippen molar-refractivity contribution in [3.63, 3.8) is 0 Å². The topological polar surface area (TPSA) is 98.7 Å². The molecule has 17 heavy (non-hydrogen) atoms. The third kappa shape index (κ3) is 4.22. The number of carbonyl (C=O) groups is 2. The molecule has 0 heterocycles. The first-order valence-electron chi connectivity index (χ1n) is 5.79. The van der Waals surface area contributed by atoms with E-state index in [4.69, 9.17) is 10.2 Å². The van der Waals surface area contributed by atoms with Crippen molar-refractivity contribution >= 4 is 12.0 Å². The number of aliphatic carboxylic acids is 1. The number of amides is 2. The Morgan fingerprint density at radius 3 is 2.41 bits per heavy atom. The van der Waals surface area contributed by atoms with E-state index in [0.717, 1.165) is 12.8 Å². The van der Waals surface area contributed by atoms with E-state index < -0.39 is 18.0 Å². The van der Waals surface area contributed by atoms with Gasteiger partial charge in [-0.1, -0.05) is 0 Å². The molecule has 1 aliphatic rings. The minimum Gasteiger partial charge on any atom is -0.480 e.